The first-order valence-corrected chi connectivity index (χ1v) is 10.9. The van der Waals surface area contributed by atoms with Crippen LogP contribution in [-0.2, 0) is 10.0 Å². The summed E-state index contributed by atoms with van der Waals surface area (Å²) in [5.41, 5.74) is 2.16. The smallest absolute Gasteiger partial charge is 0.265 e. The van der Waals surface area contributed by atoms with Gasteiger partial charge in [0.2, 0.25) is 0 Å². The molecule has 4 aromatic rings. The zero-order chi connectivity index (χ0) is 20.4. The van der Waals surface area contributed by atoms with Crippen LogP contribution in [0.15, 0.2) is 65.7 Å². The van der Waals surface area contributed by atoms with Gasteiger partial charge in [-0.1, -0.05) is 11.3 Å². The molecule has 0 saturated carbocycles. The predicted octanol–water partition coefficient (Wildman–Crippen LogP) is 4.18. The molecule has 29 heavy (non-hydrogen) atoms. The average molecular weight is 428 g/mol. The molecule has 0 aliphatic rings. The fraction of sp³-hybridized carbons (Fsp3) is 0.100. The molecule has 0 amide bonds. The number of pyridine rings is 1. The van der Waals surface area contributed by atoms with Gasteiger partial charge in [-0.2, -0.15) is 0 Å². The van der Waals surface area contributed by atoms with Gasteiger partial charge in [-0.05, 0) is 48.5 Å². The van der Waals surface area contributed by atoms with Crippen LogP contribution in [0.2, 0.25) is 0 Å². The van der Waals surface area contributed by atoms with E-state index in [4.69, 9.17) is 9.47 Å². The molecule has 4 rings (SSSR count). The van der Waals surface area contributed by atoms with E-state index in [1.54, 1.807) is 24.4 Å². The minimum Gasteiger partial charge on any atom is -0.497 e. The molecule has 0 fully saturated rings. The third-order valence-corrected chi connectivity index (χ3v) is 6.66. The third-order valence-electron chi connectivity index (χ3n) is 4.21. The number of thiazole rings is 1. The van der Waals surface area contributed by atoms with E-state index in [1.165, 1.54) is 37.7 Å². The second-order valence-corrected chi connectivity index (χ2v) is 8.67. The first-order valence-electron chi connectivity index (χ1n) is 8.57. The Kier molecular flexibility index (Phi) is 5.08. The number of fused-ring (bicyclic) bond motifs is 1. The summed E-state index contributed by atoms with van der Waals surface area (Å²) in [6, 6.07) is 15.3. The van der Waals surface area contributed by atoms with Gasteiger partial charge >= 0.3 is 0 Å². The van der Waals surface area contributed by atoms with Crippen LogP contribution in [-0.4, -0.2) is 32.6 Å². The zero-order valence-electron chi connectivity index (χ0n) is 15.6. The van der Waals surface area contributed by atoms with E-state index in [1.807, 2.05) is 24.3 Å². The maximum absolute atomic E-state index is 12.8. The van der Waals surface area contributed by atoms with Crippen molar-refractivity contribution in [2.75, 3.05) is 18.9 Å². The molecule has 0 aliphatic heterocycles. The van der Waals surface area contributed by atoms with Gasteiger partial charge in [0.1, 0.15) is 31.7 Å². The number of aromatic nitrogens is 2. The molecule has 0 spiro atoms. The number of benzene rings is 2. The highest BCUT2D eigenvalue weighted by Gasteiger charge is 2.20. The zero-order valence-corrected chi connectivity index (χ0v) is 17.3. The lowest BCUT2D eigenvalue weighted by Gasteiger charge is -2.13. The average Bonchev–Trinajstić information content (AvgIpc) is 3.17. The molecule has 0 saturated heterocycles. The Bertz CT molecular complexity index is 1240. The SMILES string of the molecule is COc1ccc(S(=O)(=O)Nc2ccc(-c3nc4cccnc4s3)cc2)c(OC)c1. The van der Waals surface area contributed by atoms with Gasteiger partial charge in [0.15, 0.2) is 0 Å². The molecule has 7 nitrogen and oxygen atoms in total. The fourth-order valence-corrected chi connectivity index (χ4v) is 4.90. The first kappa shape index (κ1) is 19.2. The molecule has 2 heterocycles. The Balaban J connectivity index is 1.59. The molecule has 1 N–H and O–H groups in total. The van der Waals surface area contributed by atoms with Crippen LogP contribution in [0.3, 0.4) is 0 Å². The molecule has 0 aliphatic carbocycles. The van der Waals surface area contributed by atoms with Gasteiger partial charge in [-0.3, -0.25) is 4.72 Å². The van der Waals surface area contributed by atoms with Crippen molar-refractivity contribution in [3.05, 3.63) is 60.8 Å². The molecule has 0 atom stereocenters. The number of rotatable bonds is 6. The number of anilines is 1. The lowest BCUT2D eigenvalue weighted by atomic mass is 10.2. The lowest BCUT2D eigenvalue weighted by molar-refractivity contribution is 0.386. The Morgan fingerprint density at radius 1 is 1.00 bits per heavy atom. The van der Waals surface area contributed by atoms with Gasteiger partial charge in [0.05, 0.1) is 14.2 Å². The molecular formula is C20H17N3O4S2. The van der Waals surface area contributed by atoms with Crippen molar-refractivity contribution in [3.8, 4) is 22.1 Å². The van der Waals surface area contributed by atoms with Crippen LogP contribution in [0.4, 0.5) is 5.69 Å². The van der Waals surface area contributed by atoms with Gasteiger partial charge in [-0.15, -0.1) is 0 Å². The molecule has 9 heteroatoms. The summed E-state index contributed by atoms with van der Waals surface area (Å²) in [6.45, 7) is 0. The van der Waals surface area contributed by atoms with E-state index in [-0.39, 0.29) is 10.6 Å². The predicted molar refractivity (Wildman–Crippen MR) is 113 cm³/mol. The van der Waals surface area contributed by atoms with E-state index in [0.717, 1.165) is 20.9 Å². The summed E-state index contributed by atoms with van der Waals surface area (Å²) < 4.78 is 38.5. The fourth-order valence-electron chi connectivity index (χ4n) is 2.78. The summed E-state index contributed by atoms with van der Waals surface area (Å²) in [4.78, 5) is 9.75. The van der Waals surface area contributed by atoms with Crippen molar-refractivity contribution in [2.45, 2.75) is 4.90 Å². The van der Waals surface area contributed by atoms with Crippen molar-refractivity contribution in [1.82, 2.24) is 9.97 Å². The standard InChI is InChI=1S/C20H17N3O4S2/c1-26-15-9-10-18(17(12-15)27-2)29(24,25)23-14-7-5-13(6-8-14)19-22-16-4-3-11-21-20(16)28-19/h3-12,23H,1-2H3. The van der Waals surface area contributed by atoms with Gasteiger partial charge < -0.3 is 9.47 Å². The molecule has 0 unspecified atom stereocenters. The van der Waals surface area contributed by atoms with E-state index >= 15 is 0 Å². The second kappa shape index (κ2) is 7.69. The topological polar surface area (TPSA) is 90.4 Å². The lowest BCUT2D eigenvalue weighted by Crippen LogP contribution is -2.14. The van der Waals surface area contributed by atoms with Gasteiger partial charge in [0, 0.05) is 23.5 Å². The van der Waals surface area contributed by atoms with Gasteiger partial charge in [-0.25, -0.2) is 18.4 Å². The van der Waals surface area contributed by atoms with E-state index in [9.17, 15) is 8.42 Å². The minimum atomic E-state index is -3.83. The molecule has 0 bridgehead atoms. The van der Waals surface area contributed by atoms with Crippen LogP contribution in [0.1, 0.15) is 0 Å². The van der Waals surface area contributed by atoms with Crippen molar-refractivity contribution in [2.24, 2.45) is 0 Å². The number of sulfonamides is 1. The van der Waals surface area contributed by atoms with E-state index < -0.39 is 10.0 Å². The maximum atomic E-state index is 12.8. The van der Waals surface area contributed by atoms with Crippen LogP contribution >= 0.6 is 11.3 Å². The minimum absolute atomic E-state index is 0.0297. The summed E-state index contributed by atoms with van der Waals surface area (Å²) in [5, 5.41) is 0.824. The number of methoxy groups -OCH3 is 2. The Labute approximate surface area is 172 Å². The highest BCUT2D eigenvalue weighted by molar-refractivity contribution is 7.92. The third kappa shape index (κ3) is 3.87. The van der Waals surface area contributed by atoms with Crippen molar-refractivity contribution in [3.63, 3.8) is 0 Å². The van der Waals surface area contributed by atoms with Gasteiger partial charge in [0.25, 0.3) is 10.0 Å². The summed E-state index contributed by atoms with van der Waals surface area (Å²) in [6.07, 6.45) is 1.73. The summed E-state index contributed by atoms with van der Waals surface area (Å²) >= 11 is 1.49. The highest BCUT2D eigenvalue weighted by Crippen LogP contribution is 2.32. The van der Waals surface area contributed by atoms with Crippen LogP contribution in [0.25, 0.3) is 20.9 Å². The molecular weight excluding hydrogens is 410 g/mol. The number of hydrogen-bond donors (Lipinski definition) is 1. The summed E-state index contributed by atoms with van der Waals surface area (Å²) in [5.74, 6) is 0.714. The van der Waals surface area contributed by atoms with E-state index in [2.05, 4.69) is 14.7 Å². The molecule has 148 valence electrons. The highest BCUT2D eigenvalue weighted by atomic mass is 32.2. The number of ether oxygens (including phenoxy) is 2. The Morgan fingerprint density at radius 3 is 2.48 bits per heavy atom. The largest absolute Gasteiger partial charge is 0.497 e. The first-order chi connectivity index (χ1) is 14.0. The second-order valence-electron chi connectivity index (χ2n) is 6.05. The van der Waals surface area contributed by atoms with Crippen molar-refractivity contribution < 1.29 is 17.9 Å². The van der Waals surface area contributed by atoms with Crippen LogP contribution in [0, 0.1) is 0 Å². The number of nitrogens with one attached hydrogen (secondary N) is 1. The van der Waals surface area contributed by atoms with Crippen molar-refractivity contribution >= 4 is 37.4 Å². The Morgan fingerprint density at radius 2 is 1.79 bits per heavy atom. The number of nitrogens with zero attached hydrogens (tertiary/aromatic N) is 2. The number of hydrogen-bond acceptors (Lipinski definition) is 7. The molecule has 2 aromatic heterocycles. The molecule has 0 radical (unpaired) electrons. The Hall–Kier alpha value is -3.17. The normalized spacial score (nSPS) is 11.4. The monoisotopic (exact) mass is 427 g/mol. The van der Waals surface area contributed by atoms with Crippen molar-refractivity contribution in [1.29, 1.82) is 0 Å². The maximum Gasteiger partial charge on any atom is 0.265 e. The van der Waals surface area contributed by atoms with Crippen LogP contribution < -0.4 is 14.2 Å². The van der Waals surface area contributed by atoms with Crippen LogP contribution in [0.5, 0.6) is 11.5 Å². The quantitative estimate of drug-likeness (QED) is 0.497. The molecule has 2 aromatic carbocycles. The van der Waals surface area contributed by atoms with E-state index in [0.29, 0.717) is 11.4 Å². The summed E-state index contributed by atoms with van der Waals surface area (Å²) in [7, 11) is -0.916.